The summed E-state index contributed by atoms with van der Waals surface area (Å²) in [7, 11) is 0. The third-order valence-electron chi connectivity index (χ3n) is 3.49. The van der Waals surface area contributed by atoms with Crippen LogP contribution < -0.4 is 5.32 Å². The quantitative estimate of drug-likeness (QED) is 0.799. The molecule has 2 rings (SSSR count). The molecule has 1 atom stereocenters. The lowest BCUT2D eigenvalue weighted by Gasteiger charge is -2.39. The van der Waals surface area contributed by atoms with Gasteiger partial charge in [-0.3, -0.25) is 0 Å². The van der Waals surface area contributed by atoms with Crippen molar-refractivity contribution >= 4 is 17.4 Å². The second-order valence-corrected chi connectivity index (χ2v) is 6.39. The molecule has 0 radical (unpaired) electrons. The van der Waals surface area contributed by atoms with Crippen molar-refractivity contribution in [2.24, 2.45) is 5.41 Å². The molecule has 1 aliphatic rings. The van der Waals surface area contributed by atoms with Gasteiger partial charge in [-0.05, 0) is 35.8 Å². The highest BCUT2D eigenvalue weighted by molar-refractivity contribution is 7.99. The maximum Gasteiger partial charge on any atom is 0.0403 e. The predicted molar refractivity (Wildman–Crippen MR) is 77.5 cm³/mol. The van der Waals surface area contributed by atoms with E-state index in [2.05, 4.69) is 37.2 Å². The number of hydrogen-bond acceptors (Lipinski definition) is 2. The van der Waals surface area contributed by atoms with Gasteiger partial charge in [0.2, 0.25) is 0 Å². The summed E-state index contributed by atoms with van der Waals surface area (Å²) in [6.45, 7) is 4.69. The number of terminal acetylenes is 1. The molecule has 1 aliphatic heterocycles. The smallest absolute Gasteiger partial charge is 0.0403 e. The molecule has 1 fully saturated rings. The third-order valence-corrected chi connectivity index (χ3v) is 4.55. The fourth-order valence-corrected chi connectivity index (χ4v) is 3.68. The first-order chi connectivity index (χ1) is 8.12. The normalized spacial score (nSPS) is 22.8. The minimum Gasteiger partial charge on any atom is -0.381 e. The molecule has 1 aromatic rings. The van der Waals surface area contributed by atoms with Gasteiger partial charge in [-0.1, -0.05) is 25.8 Å². The lowest BCUT2D eigenvalue weighted by atomic mass is 9.82. The van der Waals surface area contributed by atoms with Gasteiger partial charge in [0.05, 0.1) is 0 Å². The van der Waals surface area contributed by atoms with E-state index in [9.17, 15) is 0 Å². The van der Waals surface area contributed by atoms with Gasteiger partial charge in [0.25, 0.3) is 0 Å². The molecule has 1 unspecified atom stereocenters. The van der Waals surface area contributed by atoms with Crippen LogP contribution in [0.25, 0.3) is 0 Å². The molecule has 90 valence electrons. The summed E-state index contributed by atoms with van der Waals surface area (Å²) < 4.78 is 0. The van der Waals surface area contributed by atoms with Crippen molar-refractivity contribution in [1.29, 1.82) is 0 Å². The zero-order valence-corrected chi connectivity index (χ0v) is 11.3. The van der Waals surface area contributed by atoms with Crippen molar-refractivity contribution in [3.63, 3.8) is 0 Å². The van der Waals surface area contributed by atoms with Gasteiger partial charge >= 0.3 is 0 Å². The minimum absolute atomic E-state index is 0.359. The molecule has 1 heterocycles. The molecule has 0 amide bonds. The van der Waals surface area contributed by atoms with Crippen LogP contribution in [-0.2, 0) is 0 Å². The van der Waals surface area contributed by atoms with Gasteiger partial charge in [-0.15, -0.1) is 6.42 Å². The molecular weight excluding hydrogens is 226 g/mol. The Morgan fingerprint density at radius 3 is 3.00 bits per heavy atom. The second-order valence-electron chi connectivity index (χ2n) is 5.24. The van der Waals surface area contributed by atoms with Crippen LogP contribution in [-0.4, -0.2) is 17.5 Å². The van der Waals surface area contributed by atoms with E-state index in [0.29, 0.717) is 11.5 Å². The number of benzene rings is 1. The number of nitrogens with one attached hydrogen (secondary N) is 1. The third kappa shape index (κ3) is 2.98. The number of rotatable bonds is 2. The van der Waals surface area contributed by atoms with E-state index < -0.39 is 0 Å². The Kier molecular flexibility index (Phi) is 3.69. The van der Waals surface area contributed by atoms with E-state index in [-0.39, 0.29) is 0 Å². The molecule has 0 saturated carbocycles. The maximum absolute atomic E-state index is 5.42. The van der Waals surface area contributed by atoms with Crippen LogP contribution in [0.3, 0.4) is 0 Å². The summed E-state index contributed by atoms with van der Waals surface area (Å²) >= 11 is 2.03. The first kappa shape index (κ1) is 12.4. The zero-order valence-electron chi connectivity index (χ0n) is 10.5. The van der Waals surface area contributed by atoms with Crippen molar-refractivity contribution in [2.45, 2.75) is 26.3 Å². The molecule has 1 saturated heterocycles. The summed E-state index contributed by atoms with van der Waals surface area (Å²) in [5.74, 6) is 5.13. The minimum atomic E-state index is 0.359. The Labute approximate surface area is 108 Å². The molecule has 1 nitrogen and oxygen atoms in total. The van der Waals surface area contributed by atoms with Crippen LogP contribution in [0.1, 0.15) is 25.8 Å². The lowest BCUT2D eigenvalue weighted by Crippen LogP contribution is -2.41. The highest BCUT2D eigenvalue weighted by atomic mass is 32.2. The van der Waals surface area contributed by atoms with E-state index >= 15 is 0 Å². The van der Waals surface area contributed by atoms with Gasteiger partial charge in [-0.2, -0.15) is 11.8 Å². The Morgan fingerprint density at radius 2 is 2.29 bits per heavy atom. The van der Waals surface area contributed by atoms with Gasteiger partial charge < -0.3 is 5.32 Å². The first-order valence-corrected chi connectivity index (χ1v) is 7.18. The van der Waals surface area contributed by atoms with E-state index in [4.69, 9.17) is 6.42 Å². The van der Waals surface area contributed by atoms with E-state index in [1.165, 1.54) is 17.9 Å². The van der Waals surface area contributed by atoms with E-state index in [1.54, 1.807) is 0 Å². The van der Waals surface area contributed by atoms with Crippen molar-refractivity contribution in [2.75, 3.05) is 16.8 Å². The monoisotopic (exact) mass is 245 g/mol. The highest BCUT2D eigenvalue weighted by Crippen LogP contribution is 2.35. The van der Waals surface area contributed by atoms with Crippen LogP contribution >= 0.6 is 11.8 Å². The average molecular weight is 245 g/mol. The predicted octanol–water partition coefficient (Wildman–Crippen LogP) is 3.61. The van der Waals surface area contributed by atoms with Crippen molar-refractivity contribution in [3.05, 3.63) is 29.8 Å². The molecule has 0 bridgehead atoms. The molecule has 17 heavy (non-hydrogen) atoms. The molecule has 0 aromatic heterocycles. The first-order valence-electron chi connectivity index (χ1n) is 6.03. The summed E-state index contributed by atoms with van der Waals surface area (Å²) in [6.07, 6.45) is 6.69. The summed E-state index contributed by atoms with van der Waals surface area (Å²) in [4.78, 5) is 0. The van der Waals surface area contributed by atoms with Crippen molar-refractivity contribution < 1.29 is 0 Å². The Morgan fingerprint density at radius 1 is 1.47 bits per heavy atom. The zero-order chi connectivity index (χ0) is 12.3. The van der Waals surface area contributed by atoms with Gasteiger partial charge in [0.1, 0.15) is 0 Å². The van der Waals surface area contributed by atoms with E-state index in [0.717, 1.165) is 11.3 Å². The van der Waals surface area contributed by atoms with Crippen LogP contribution in [0.2, 0.25) is 0 Å². The van der Waals surface area contributed by atoms with Crippen molar-refractivity contribution in [1.82, 2.24) is 0 Å². The summed E-state index contributed by atoms with van der Waals surface area (Å²) in [5, 5.41) is 3.63. The molecule has 0 aliphatic carbocycles. The maximum atomic E-state index is 5.42. The lowest BCUT2D eigenvalue weighted by molar-refractivity contribution is 0.305. The van der Waals surface area contributed by atoms with Crippen LogP contribution in [0.5, 0.6) is 0 Å². The molecular formula is C15H19NS. The van der Waals surface area contributed by atoms with Gasteiger partial charge in [0.15, 0.2) is 0 Å². The fourth-order valence-electron chi connectivity index (χ4n) is 2.07. The number of thioether (sulfide) groups is 1. The van der Waals surface area contributed by atoms with Crippen molar-refractivity contribution in [3.8, 4) is 12.3 Å². The number of hydrogen-bond donors (Lipinski definition) is 1. The Bertz CT molecular complexity index is 431. The Balaban J connectivity index is 2.12. The fraction of sp³-hybridized carbons (Fsp3) is 0.467. The van der Waals surface area contributed by atoms with Crippen LogP contribution in [0.4, 0.5) is 5.69 Å². The van der Waals surface area contributed by atoms with Gasteiger partial charge in [-0.25, -0.2) is 0 Å². The van der Waals surface area contributed by atoms with Crippen LogP contribution in [0.15, 0.2) is 24.3 Å². The standard InChI is InChI=1S/C15H19NS/c1-4-12-6-5-7-13(10-12)16-14-11-17-9-8-15(14,2)3/h1,5-7,10,14,16H,8-9,11H2,2-3H3. The molecule has 1 aromatic carbocycles. The second kappa shape index (κ2) is 5.06. The SMILES string of the molecule is C#Cc1cccc(NC2CSCCC2(C)C)c1. The molecule has 2 heteroatoms. The summed E-state index contributed by atoms with van der Waals surface area (Å²) in [6, 6.07) is 8.65. The molecule has 0 spiro atoms. The van der Waals surface area contributed by atoms with E-state index in [1.807, 2.05) is 23.9 Å². The summed E-state index contributed by atoms with van der Waals surface area (Å²) in [5.41, 5.74) is 2.44. The highest BCUT2D eigenvalue weighted by Gasteiger charge is 2.32. The van der Waals surface area contributed by atoms with Crippen LogP contribution in [0, 0.1) is 17.8 Å². The largest absolute Gasteiger partial charge is 0.381 e. The Hall–Kier alpha value is -1.07. The average Bonchev–Trinajstić information content (AvgIpc) is 2.32. The number of anilines is 1. The van der Waals surface area contributed by atoms with Gasteiger partial charge in [0, 0.05) is 23.0 Å². The molecule has 1 N–H and O–H groups in total. The topological polar surface area (TPSA) is 12.0 Å².